The monoisotopic (exact) mass is 258 g/mol. The van der Waals surface area contributed by atoms with Crippen LogP contribution in [0, 0.1) is 11.3 Å². The summed E-state index contributed by atoms with van der Waals surface area (Å²) in [7, 11) is 0. The van der Waals surface area contributed by atoms with Crippen molar-refractivity contribution in [2.45, 2.75) is 19.4 Å². The van der Waals surface area contributed by atoms with Gasteiger partial charge in [-0.15, -0.1) is 0 Å². The van der Waals surface area contributed by atoms with Crippen molar-refractivity contribution in [2.75, 3.05) is 38.0 Å². The van der Waals surface area contributed by atoms with Crippen molar-refractivity contribution >= 4 is 5.69 Å². The lowest BCUT2D eigenvalue weighted by Crippen LogP contribution is -2.56. The van der Waals surface area contributed by atoms with Crippen molar-refractivity contribution in [1.82, 2.24) is 10.2 Å². The Morgan fingerprint density at radius 1 is 1.26 bits per heavy atom. The molecule has 2 rings (SSSR count). The molecule has 1 aliphatic rings. The maximum atomic E-state index is 8.77. The third-order valence-corrected chi connectivity index (χ3v) is 3.71. The van der Waals surface area contributed by atoms with Gasteiger partial charge in [0.25, 0.3) is 0 Å². The van der Waals surface area contributed by atoms with Crippen molar-refractivity contribution < 1.29 is 0 Å². The van der Waals surface area contributed by atoms with Crippen LogP contribution in [0.1, 0.15) is 19.4 Å². The molecule has 0 radical (unpaired) electrons. The van der Waals surface area contributed by atoms with Crippen LogP contribution >= 0.6 is 0 Å². The van der Waals surface area contributed by atoms with Gasteiger partial charge in [-0.25, -0.2) is 0 Å². The van der Waals surface area contributed by atoms with Gasteiger partial charge in [0.1, 0.15) is 0 Å². The average molecular weight is 258 g/mol. The molecule has 1 saturated heterocycles. The summed E-state index contributed by atoms with van der Waals surface area (Å²) in [6, 6.07) is 9.76. The minimum Gasteiger partial charge on any atom is -0.383 e. The summed E-state index contributed by atoms with van der Waals surface area (Å²) in [6.45, 7) is 9.79. The van der Waals surface area contributed by atoms with E-state index < -0.39 is 0 Å². The number of nitrogens with zero attached hydrogens (tertiary/aromatic N) is 2. The second kappa shape index (κ2) is 6.05. The highest BCUT2D eigenvalue weighted by Crippen LogP contribution is 2.17. The molecule has 0 saturated carbocycles. The molecule has 2 N–H and O–H groups in total. The van der Waals surface area contributed by atoms with Gasteiger partial charge in [0.2, 0.25) is 0 Å². The first kappa shape index (κ1) is 13.9. The zero-order chi connectivity index (χ0) is 13.7. The van der Waals surface area contributed by atoms with Crippen molar-refractivity contribution in [3.8, 4) is 6.07 Å². The Kier molecular flexibility index (Phi) is 4.41. The second-order valence-electron chi connectivity index (χ2n) is 5.59. The lowest BCUT2D eigenvalue weighted by Gasteiger charge is -2.41. The Bertz CT molecular complexity index is 438. The zero-order valence-corrected chi connectivity index (χ0v) is 11.7. The number of hydrogen-bond donors (Lipinski definition) is 2. The summed E-state index contributed by atoms with van der Waals surface area (Å²) in [5.41, 5.74) is 1.91. The summed E-state index contributed by atoms with van der Waals surface area (Å²) in [5, 5.41) is 15.6. The van der Waals surface area contributed by atoms with E-state index in [1.165, 1.54) is 0 Å². The Hall–Kier alpha value is -1.57. The summed E-state index contributed by atoms with van der Waals surface area (Å²) in [6.07, 6.45) is 0. The first-order chi connectivity index (χ1) is 9.12. The smallest absolute Gasteiger partial charge is 0.0991 e. The Balaban J connectivity index is 1.90. The molecule has 4 nitrogen and oxygen atoms in total. The maximum absolute atomic E-state index is 8.77. The Morgan fingerprint density at radius 3 is 2.47 bits per heavy atom. The van der Waals surface area contributed by atoms with Crippen molar-refractivity contribution in [3.63, 3.8) is 0 Å². The molecule has 4 heteroatoms. The molecule has 1 heterocycles. The van der Waals surface area contributed by atoms with E-state index in [0.717, 1.165) is 38.4 Å². The Morgan fingerprint density at radius 2 is 1.89 bits per heavy atom. The minimum absolute atomic E-state index is 0.135. The zero-order valence-electron chi connectivity index (χ0n) is 11.7. The normalized spacial score (nSPS) is 16.9. The SMILES string of the molecule is CC(C)(CNc1ccc(C#N)cc1)N1CCNCC1. The van der Waals surface area contributed by atoms with Gasteiger partial charge in [-0.05, 0) is 38.1 Å². The molecule has 0 aromatic heterocycles. The third kappa shape index (κ3) is 3.69. The molecule has 0 atom stereocenters. The van der Waals surface area contributed by atoms with Crippen LogP contribution in [0.4, 0.5) is 5.69 Å². The number of rotatable bonds is 4. The molecule has 1 aromatic rings. The molecule has 0 unspecified atom stereocenters. The van der Waals surface area contributed by atoms with E-state index in [9.17, 15) is 0 Å². The van der Waals surface area contributed by atoms with E-state index in [4.69, 9.17) is 5.26 Å². The van der Waals surface area contributed by atoms with Gasteiger partial charge >= 0.3 is 0 Å². The third-order valence-electron chi connectivity index (χ3n) is 3.71. The van der Waals surface area contributed by atoms with Crippen molar-refractivity contribution in [1.29, 1.82) is 5.26 Å². The van der Waals surface area contributed by atoms with Gasteiger partial charge < -0.3 is 10.6 Å². The summed E-state index contributed by atoms with van der Waals surface area (Å²) >= 11 is 0. The quantitative estimate of drug-likeness (QED) is 0.862. The molecule has 0 bridgehead atoms. The molecule has 0 spiro atoms. The minimum atomic E-state index is 0.135. The van der Waals surface area contributed by atoms with E-state index >= 15 is 0 Å². The lowest BCUT2D eigenvalue weighted by molar-refractivity contribution is 0.114. The summed E-state index contributed by atoms with van der Waals surface area (Å²) < 4.78 is 0. The standard InChI is InChI=1S/C15H22N4/c1-15(2,19-9-7-17-8-10-19)12-18-14-5-3-13(11-16)4-6-14/h3-6,17-18H,7-10,12H2,1-2H3. The highest BCUT2D eigenvalue weighted by molar-refractivity contribution is 5.47. The van der Waals surface area contributed by atoms with Crippen LogP contribution in [-0.4, -0.2) is 43.2 Å². The largest absolute Gasteiger partial charge is 0.383 e. The van der Waals surface area contributed by atoms with Gasteiger partial charge in [0, 0.05) is 44.0 Å². The molecule has 1 fully saturated rings. The molecular weight excluding hydrogens is 236 g/mol. The first-order valence-corrected chi connectivity index (χ1v) is 6.82. The van der Waals surface area contributed by atoms with Gasteiger partial charge in [0.05, 0.1) is 11.6 Å². The Labute approximate surface area is 115 Å². The number of nitriles is 1. The van der Waals surface area contributed by atoms with E-state index in [2.05, 4.69) is 35.5 Å². The van der Waals surface area contributed by atoms with E-state index in [1.54, 1.807) is 0 Å². The predicted molar refractivity (Wildman–Crippen MR) is 78.2 cm³/mol. The molecule has 0 aliphatic carbocycles. The maximum Gasteiger partial charge on any atom is 0.0991 e. The van der Waals surface area contributed by atoms with Crippen LogP contribution in [0.2, 0.25) is 0 Å². The van der Waals surface area contributed by atoms with Crippen LogP contribution < -0.4 is 10.6 Å². The van der Waals surface area contributed by atoms with Crippen LogP contribution in [0.5, 0.6) is 0 Å². The number of nitrogens with one attached hydrogen (secondary N) is 2. The van der Waals surface area contributed by atoms with E-state index in [1.807, 2.05) is 24.3 Å². The van der Waals surface area contributed by atoms with Gasteiger partial charge in [-0.1, -0.05) is 0 Å². The molecule has 1 aromatic carbocycles. The van der Waals surface area contributed by atoms with Crippen LogP contribution in [-0.2, 0) is 0 Å². The molecule has 102 valence electrons. The van der Waals surface area contributed by atoms with Crippen LogP contribution in [0.15, 0.2) is 24.3 Å². The fourth-order valence-corrected chi connectivity index (χ4v) is 2.36. The predicted octanol–water partition coefficient (Wildman–Crippen LogP) is 1.65. The van der Waals surface area contributed by atoms with Gasteiger partial charge in [-0.3, -0.25) is 4.90 Å². The van der Waals surface area contributed by atoms with E-state index in [0.29, 0.717) is 5.56 Å². The number of anilines is 1. The fraction of sp³-hybridized carbons (Fsp3) is 0.533. The average Bonchev–Trinajstić information content (AvgIpc) is 2.47. The summed E-state index contributed by atoms with van der Waals surface area (Å²) in [5.74, 6) is 0. The highest BCUT2D eigenvalue weighted by Gasteiger charge is 2.27. The number of piperazine rings is 1. The fourth-order valence-electron chi connectivity index (χ4n) is 2.36. The second-order valence-corrected chi connectivity index (χ2v) is 5.59. The highest BCUT2D eigenvalue weighted by atomic mass is 15.2. The topological polar surface area (TPSA) is 51.1 Å². The summed E-state index contributed by atoms with van der Waals surface area (Å²) in [4.78, 5) is 2.51. The van der Waals surface area contributed by atoms with Crippen molar-refractivity contribution in [2.24, 2.45) is 0 Å². The van der Waals surface area contributed by atoms with Gasteiger partial charge in [-0.2, -0.15) is 5.26 Å². The van der Waals surface area contributed by atoms with Crippen LogP contribution in [0.3, 0.4) is 0 Å². The molecule has 0 amide bonds. The lowest BCUT2D eigenvalue weighted by atomic mass is 10.0. The molecule has 1 aliphatic heterocycles. The molecule has 19 heavy (non-hydrogen) atoms. The van der Waals surface area contributed by atoms with Crippen molar-refractivity contribution in [3.05, 3.63) is 29.8 Å². The van der Waals surface area contributed by atoms with Crippen LogP contribution in [0.25, 0.3) is 0 Å². The number of benzene rings is 1. The number of hydrogen-bond acceptors (Lipinski definition) is 4. The van der Waals surface area contributed by atoms with E-state index in [-0.39, 0.29) is 5.54 Å². The first-order valence-electron chi connectivity index (χ1n) is 6.82. The van der Waals surface area contributed by atoms with Gasteiger partial charge in [0.15, 0.2) is 0 Å². The molecular formula is C15H22N4.